The number of ketones is 1. The zero-order chi connectivity index (χ0) is 18.0. The Morgan fingerprint density at radius 1 is 1.16 bits per heavy atom. The van der Waals surface area contributed by atoms with Gasteiger partial charge < -0.3 is 9.30 Å². The summed E-state index contributed by atoms with van der Waals surface area (Å²) in [6, 6.07) is 9.23. The molecule has 0 N–H and O–H groups in total. The first-order valence-corrected chi connectivity index (χ1v) is 9.06. The number of hydrogen-bond donors (Lipinski definition) is 0. The summed E-state index contributed by atoms with van der Waals surface area (Å²) >= 11 is 0. The fourth-order valence-electron chi connectivity index (χ4n) is 3.71. The highest BCUT2D eigenvalue weighted by Crippen LogP contribution is 2.43. The third kappa shape index (κ3) is 3.13. The van der Waals surface area contributed by atoms with Gasteiger partial charge in [-0.1, -0.05) is 62.9 Å². The van der Waals surface area contributed by atoms with Crippen molar-refractivity contribution in [1.82, 2.24) is 4.57 Å². The normalized spacial score (nSPS) is 16.0. The van der Waals surface area contributed by atoms with E-state index in [0.29, 0.717) is 17.0 Å². The molecule has 1 aromatic carbocycles. The molecule has 0 bridgehead atoms. The molecule has 4 nitrogen and oxygen atoms in total. The van der Waals surface area contributed by atoms with Crippen molar-refractivity contribution in [1.29, 1.82) is 0 Å². The van der Waals surface area contributed by atoms with Crippen LogP contribution in [0.2, 0.25) is 0 Å². The van der Waals surface area contributed by atoms with Gasteiger partial charge in [0.1, 0.15) is 5.92 Å². The molecule has 1 aliphatic rings. The summed E-state index contributed by atoms with van der Waals surface area (Å²) in [5.74, 6) is 0.120. The molecule has 0 saturated carbocycles. The average Bonchev–Trinajstić information content (AvgIpc) is 3.07. The molecule has 0 aliphatic carbocycles. The molecule has 1 unspecified atom stereocenters. The molecular weight excluding hydrogens is 314 g/mol. The predicted octanol–water partition coefficient (Wildman–Crippen LogP) is 4.54. The molecule has 3 rings (SSSR count). The molecule has 1 aliphatic heterocycles. The van der Waals surface area contributed by atoms with Crippen LogP contribution in [0.1, 0.15) is 72.3 Å². The van der Waals surface area contributed by atoms with Crippen LogP contribution < -0.4 is 4.74 Å². The maximum Gasteiger partial charge on any atom is 0.320 e. The second-order valence-electron chi connectivity index (χ2n) is 6.77. The number of fused-ring (bicyclic) bond motifs is 1. The van der Waals surface area contributed by atoms with Gasteiger partial charge >= 0.3 is 5.97 Å². The number of aromatic nitrogens is 1. The van der Waals surface area contributed by atoms with E-state index < -0.39 is 0 Å². The quantitative estimate of drug-likeness (QED) is 0.423. The molecule has 132 valence electrons. The second-order valence-corrected chi connectivity index (χ2v) is 6.77. The third-order valence-electron chi connectivity index (χ3n) is 5.04. The smallest absolute Gasteiger partial charge is 0.320 e. The molecular formula is C21H25NO3. The van der Waals surface area contributed by atoms with Gasteiger partial charge in [0.15, 0.2) is 5.75 Å². The summed E-state index contributed by atoms with van der Waals surface area (Å²) in [5, 5.41) is 0. The Morgan fingerprint density at radius 3 is 2.56 bits per heavy atom. The van der Waals surface area contributed by atoms with Crippen LogP contribution in [0.4, 0.5) is 0 Å². The van der Waals surface area contributed by atoms with Crippen LogP contribution in [0.5, 0.6) is 5.75 Å². The number of esters is 1. The molecule has 1 aromatic heterocycles. The Balaban J connectivity index is 1.91. The summed E-state index contributed by atoms with van der Waals surface area (Å²) in [6.07, 6.45) is 5.24. The lowest BCUT2D eigenvalue weighted by molar-refractivity contribution is -0.134. The minimum atomic E-state index is -0.257. The number of benzene rings is 1. The summed E-state index contributed by atoms with van der Waals surface area (Å²) < 4.78 is 7.41. The molecule has 0 radical (unpaired) electrons. The van der Waals surface area contributed by atoms with E-state index in [-0.39, 0.29) is 17.7 Å². The minimum absolute atomic E-state index is 0.0317. The van der Waals surface area contributed by atoms with E-state index in [9.17, 15) is 9.59 Å². The fourth-order valence-corrected chi connectivity index (χ4v) is 3.71. The van der Waals surface area contributed by atoms with Crippen LogP contribution in [-0.2, 0) is 11.8 Å². The Hall–Kier alpha value is -2.36. The van der Waals surface area contributed by atoms with E-state index in [1.165, 1.54) is 12.8 Å². The monoisotopic (exact) mass is 339 g/mol. The maximum absolute atomic E-state index is 12.9. The van der Waals surface area contributed by atoms with Gasteiger partial charge in [0.2, 0.25) is 5.78 Å². The Morgan fingerprint density at radius 2 is 1.88 bits per heavy atom. The van der Waals surface area contributed by atoms with Crippen LogP contribution in [0.25, 0.3) is 0 Å². The number of unbranched alkanes of at least 4 members (excludes halogenated alkanes) is 3. The van der Waals surface area contributed by atoms with Gasteiger partial charge in [0.05, 0.1) is 11.4 Å². The van der Waals surface area contributed by atoms with E-state index in [1.54, 1.807) is 0 Å². The lowest BCUT2D eigenvalue weighted by Crippen LogP contribution is -2.17. The van der Waals surface area contributed by atoms with Crippen molar-refractivity contribution in [2.24, 2.45) is 7.05 Å². The van der Waals surface area contributed by atoms with Crippen LogP contribution in [0, 0.1) is 6.92 Å². The van der Waals surface area contributed by atoms with E-state index in [1.807, 2.05) is 48.9 Å². The Kier molecular flexibility index (Phi) is 5.07. The lowest BCUT2D eigenvalue weighted by atomic mass is 9.98. The zero-order valence-electron chi connectivity index (χ0n) is 15.2. The SMILES string of the molecule is CCCCCCC1C(=O)Oc2c(C)c(C(=O)c3ccccc3)n(C)c21. The van der Waals surface area contributed by atoms with Crippen molar-refractivity contribution in [3.8, 4) is 5.75 Å². The maximum atomic E-state index is 12.9. The summed E-state index contributed by atoms with van der Waals surface area (Å²) in [4.78, 5) is 25.2. The molecule has 2 aromatic rings. The summed E-state index contributed by atoms with van der Waals surface area (Å²) in [5.41, 5.74) is 2.88. The highest BCUT2D eigenvalue weighted by molar-refractivity contribution is 6.10. The first kappa shape index (κ1) is 17.5. The predicted molar refractivity (Wildman–Crippen MR) is 97.2 cm³/mol. The van der Waals surface area contributed by atoms with Gasteiger partial charge in [-0.15, -0.1) is 0 Å². The Bertz CT molecular complexity index is 789. The molecule has 0 spiro atoms. The minimum Gasteiger partial charge on any atom is -0.424 e. The van der Waals surface area contributed by atoms with E-state index >= 15 is 0 Å². The number of ether oxygens (including phenoxy) is 1. The van der Waals surface area contributed by atoms with Gasteiger partial charge in [0.25, 0.3) is 0 Å². The molecule has 1 atom stereocenters. The first-order valence-electron chi connectivity index (χ1n) is 9.06. The van der Waals surface area contributed by atoms with Crippen LogP contribution >= 0.6 is 0 Å². The van der Waals surface area contributed by atoms with Crippen molar-refractivity contribution in [3.05, 3.63) is 52.8 Å². The van der Waals surface area contributed by atoms with E-state index in [0.717, 1.165) is 30.5 Å². The topological polar surface area (TPSA) is 48.3 Å². The molecule has 4 heteroatoms. The van der Waals surface area contributed by atoms with Crippen molar-refractivity contribution < 1.29 is 14.3 Å². The largest absolute Gasteiger partial charge is 0.424 e. The van der Waals surface area contributed by atoms with E-state index in [4.69, 9.17) is 4.74 Å². The van der Waals surface area contributed by atoms with Gasteiger partial charge in [-0.3, -0.25) is 9.59 Å². The summed E-state index contributed by atoms with van der Waals surface area (Å²) in [6.45, 7) is 4.03. The standard InChI is InChI=1S/C21H25NO3/c1-4-5-6-10-13-16-18-20(25-21(16)24)14(2)17(22(18)3)19(23)15-11-8-7-9-12-15/h7-9,11-12,16H,4-6,10,13H2,1-3H3. The molecule has 0 amide bonds. The number of carbonyl (C=O) groups is 2. The highest BCUT2D eigenvalue weighted by atomic mass is 16.5. The number of carbonyl (C=O) groups excluding carboxylic acids is 2. The van der Waals surface area contributed by atoms with Crippen LogP contribution in [-0.4, -0.2) is 16.3 Å². The lowest BCUT2D eigenvalue weighted by Gasteiger charge is -2.12. The first-order chi connectivity index (χ1) is 12.1. The van der Waals surface area contributed by atoms with Gasteiger partial charge in [-0.05, 0) is 13.3 Å². The summed E-state index contributed by atoms with van der Waals surface area (Å²) in [7, 11) is 1.86. The van der Waals surface area contributed by atoms with Gasteiger partial charge in [-0.2, -0.15) is 0 Å². The van der Waals surface area contributed by atoms with Crippen molar-refractivity contribution in [2.75, 3.05) is 0 Å². The molecule has 0 fully saturated rings. The molecule has 25 heavy (non-hydrogen) atoms. The van der Waals surface area contributed by atoms with Crippen molar-refractivity contribution in [2.45, 2.75) is 51.9 Å². The van der Waals surface area contributed by atoms with Crippen LogP contribution in [0.15, 0.2) is 30.3 Å². The third-order valence-corrected chi connectivity index (χ3v) is 5.04. The van der Waals surface area contributed by atoms with E-state index in [2.05, 4.69) is 6.92 Å². The van der Waals surface area contributed by atoms with Gasteiger partial charge in [-0.25, -0.2) is 0 Å². The van der Waals surface area contributed by atoms with Gasteiger partial charge in [0, 0.05) is 18.2 Å². The zero-order valence-corrected chi connectivity index (χ0v) is 15.2. The number of rotatable bonds is 7. The highest BCUT2D eigenvalue weighted by Gasteiger charge is 2.39. The Labute approximate surface area is 148 Å². The van der Waals surface area contributed by atoms with Crippen LogP contribution in [0.3, 0.4) is 0 Å². The van der Waals surface area contributed by atoms with Crippen molar-refractivity contribution >= 4 is 11.8 Å². The second kappa shape index (κ2) is 7.26. The molecule has 0 saturated heterocycles. The van der Waals surface area contributed by atoms with Crippen molar-refractivity contribution in [3.63, 3.8) is 0 Å². The average molecular weight is 339 g/mol. The molecule has 2 heterocycles. The fraction of sp³-hybridized carbons (Fsp3) is 0.429. The number of nitrogens with zero attached hydrogens (tertiary/aromatic N) is 1. The number of hydrogen-bond acceptors (Lipinski definition) is 3.